The quantitative estimate of drug-likeness (QED) is 0.875. The van der Waals surface area contributed by atoms with Gasteiger partial charge in [-0.15, -0.1) is 0 Å². The second kappa shape index (κ2) is 4.15. The first-order valence-corrected chi connectivity index (χ1v) is 6.42. The Hall–Kier alpha value is -1.35. The second-order valence-corrected chi connectivity index (χ2v) is 5.21. The minimum absolute atomic E-state index is 0.477. The fourth-order valence-electron chi connectivity index (χ4n) is 2.57. The van der Waals surface area contributed by atoms with Crippen LogP contribution in [0.4, 0.5) is 0 Å². The Morgan fingerprint density at radius 1 is 1.35 bits per heavy atom. The van der Waals surface area contributed by atoms with Crippen molar-refractivity contribution in [3.63, 3.8) is 0 Å². The van der Waals surface area contributed by atoms with Crippen molar-refractivity contribution in [3.8, 4) is 0 Å². The largest absolute Gasteiger partial charge is 0.325 e. The normalized spacial score (nSPS) is 16.6. The summed E-state index contributed by atoms with van der Waals surface area (Å²) in [5.74, 6) is 2.01. The van der Waals surface area contributed by atoms with E-state index in [4.69, 9.17) is 4.98 Å². The van der Waals surface area contributed by atoms with Crippen molar-refractivity contribution in [2.24, 2.45) is 5.92 Å². The Bertz CT molecular complexity index is 523. The van der Waals surface area contributed by atoms with Gasteiger partial charge in [-0.05, 0) is 45.0 Å². The highest BCUT2D eigenvalue weighted by Crippen LogP contribution is 2.23. The van der Waals surface area contributed by atoms with Crippen LogP contribution < -0.4 is 5.32 Å². The van der Waals surface area contributed by atoms with Crippen LogP contribution in [0.2, 0.25) is 0 Å². The first-order chi connectivity index (χ1) is 8.25. The molecule has 2 aromatic rings. The molecule has 2 heterocycles. The van der Waals surface area contributed by atoms with Crippen LogP contribution in [0, 0.1) is 5.92 Å². The summed E-state index contributed by atoms with van der Waals surface area (Å²) < 4.78 is 2.38. The first kappa shape index (κ1) is 10.8. The van der Waals surface area contributed by atoms with Crippen LogP contribution in [0.1, 0.15) is 25.7 Å². The van der Waals surface area contributed by atoms with Crippen LogP contribution in [-0.2, 0) is 6.42 Å². The molecule has 1 aliphatic heterocycles. The van der Waals surface area contributed by atoms with Crippen LogP contribution in [0.15, 0.2) is 24.3 Å². The van der Waals surface area contributed by atoms with Crippen molar-refractivity contribution < 1.29 is 0 Å². The Morgan fingerprint density at radius 2 is 2.12 bits per heavy atom. The van der Waals surface area contributed by atoms with Gasteiger partial charge in [-0.3, -0.25) is 0 Å². The summed E-state index contributed by atoms with van der Waals surface area (Å²) in [6.45, 7) is 6.75. The highest BCUT2D eigenvalue weighted by Gasteiger charge is 2.21. The summed E-state index contributed by atoms with van der Waals surface area (Å²) in [7, 11) is 0. The molecule has 0 aliphatic carbocycles. The van der Waals surface area contributed by atoms with E-state index in [1.807, 2.05) is 0 Å². The van der Waals surface area contributed by atoms with Crippen molar-refractivity contribution in [2.75, 3.05) is 13.1 Å². The van der Waals surface area contributed by atoms with Crippen molar-refractivity contribution >= 4 is 11.0 Å². The van der Waals surface area contributed by atoms with Crippen molar-refractivity contribution in [1.29, 1.82) is 0 Å². The van der Waals surface area contributed by atoms with Gasteiger partial charge >= 0.3 is 0 Å². The van der Waals surface area contributed by atoms with Gasteiger partial charge in [0, 0.05) is 12.5 Å². The molecule has 0 saturated carbocycles. The average molecular weight is 229 g/mol. The lowest BCUT2D eigenvalue weighted by molar-refractivity contribution is 0.335. The van der Waals surface area contributed by atoms with Gasteiger partial charge < -0.3 is 9.88 Å². The van der Waals surface area contributed by atoms with E-state index >= 15 is 0 Å². The smallest absolute Gasteiger partial charge is 0.110 e. The van der Waals surface area contributed by atoms with Crippen molar-refractivity contribution in [3.05, 3.63) is 30.1 Å². The van der Waals surface area contributed by atoms with Gasteiger partial charge in [-0.2, -0.15) is 0 Å². The molecule has 90 valence electrons. The molecule has 17 heavy (non-hydrogen) atoms. The summed E-state index contributed by atoms with van der Waals surface area (Å²) in [6, 6.07) is 8.92. The zero-order valence-corrected chi connectivity index (χ0v) is 10.5. The van der Waals surface area contributed by atoms with E-state index in [0.717, 1.165) is 30.9 Å². The summed E-state index contributed by atoms with van der Waals surface area (Å²) in [4.78, 5) is 4.79. The minimum atomic E-state index is 0.477. The van der Waals surface area contributed by atoms with Gasteiger partial charge in [-0.1, -0.05) is 12.1 Å². The van der Waals surface area contributed by atoms with E-state index < -0.39 is 0 Å². The van der Waals surface area contributed by atoms with E-state index in [1.165, 1.54) is 11.3 Å². The standard InChI is InChI=1S/C14H19N3/c1-10(2)17-13-6-4-3-5-12(13)16-14(17)7-11-8-15-9-11/h3-6,10-11,15H,7-9H2,1-2H3. The predicted molar refractivity (Wildman–Crippen MR) is 70.2 cm³/mol. The Labute approximate surface area is 102 Å². The number of nitrogens with zero attached hydrogens (tertiary/aromatic N) is 2. The molecule has 1 saturated heterocycles. The summed E-state index contributed by atoms with van der Waals surface area (Å²) in [6.07, 6.45) is 1.10. The molecule has 1 aromatic carbocycles. The van der Waals surface area contributed by atoms with Gasteiger partial charge in [0.1, 0.15) is 5.82 Å². The third kappa shape index (κ3) is 1.84. The lowest BCUT2D eigenvalue weighted by atomic mass is 9.99. The molecule has 3 rings (SSSR count). The molecule has 0 atom stereocenters. The number of hydrogen-bond donors (Lipinski definition) is 1. The molecule has 1 fully saturated rings. The lowest BCUT2D eigenvalue weighted by Crippen LogP contribution is -2.43. The molecule has 0 spiro atoms. The highest BCUT2D eigenvalue weighted by molar-refractivity contribution is 5.76. The van der Waals surface area contributed by atoms with E-state index in [9.17, 15) is 0 Å². The van der Waals surface area contributed by atoms with Gasteiger partial charge in [-0.25, -0.2) is 4.98 Å². The number of hydrogen-bond acceptors (Lipinski definition) is 2. The maximum atomic E-state index is 4.79. The Kier molecular flexibility index (Phi) is 2.63. The molecule has 3 nitrogen and oxygen atoms in total. The van der Waals surface area contributed by atoms with Gasteiger partial charge in [0.25, 0.3) is 0 Å². The third-order valence-corrected chi connectivity index (χ3v) is 3.52. The van der Waals surface area contributed by atoms with E-state index in [0.29, 0.717) is 6.04 Å². The Morgan fingerprint density at radius 3 is 2.76 bits per heavy atom. The van der Waals surface area contributed by atoms with E-state index in [1.54, 1.807) is 0 Å². The third-order valence-electron chi connectivity index (χ3n) is 3.52. The number of rotatable bonds is 3. The summed E-state index contributed by atoms with van der Waals surface area (Å²) >= 11 is 0. The number of nitrogens with one attached hydrogen (secondary N) is 1. The molecular formula is C14H19N3. The van der Waals surface area contributed by atoms with Gasteiger partial charge in [0.05, 0.1) is 11.0 Å². The van der Waals surface area contributed by atoms with E-state index in [2.05, 4.69) is 48.0 Å². The molecule has 1 aromatic heterocycles. The molecule has 1 N–H and O–H groups in total. The molecule has 3 heteroatoms. The maximum Gasteiger partial charge on any atom is 0.110 e. The maximum absolute atomic E-state index is 4.79. The second-order valence-electron chi connectivity index (χ2n) is 5.21. The average Bonchev–Trinajstić information content (AvgIpc) is 2.61. The van der Waals surface area contributed by atoms with Crippen LogP contribution in [0.3, 0.4) is 0 Å². The monoisotopic (exact) mass is 229 g/mol. The fraction of sp³-hybridized carbons (Fsp3) is 0.500. The highest BCUT2D eigenvalue weighted by atomic mass is 15.1. The molecular weight excluding hydrogens is 210 g/mol. The molecule has 1 aliphatic rings. The van der Waals surface area contributed by atoms with Crippen LogP contribution in [0.25, 0.3) is 11.0 Å². The van der Waals surface area contributed by atoms with Crippen LogP contribution in [0.5, 0.6) is 0 Å². The predicted octanol–water partition coefficient (Wildman–Crippen LogP) is 2.38. The van der Waals surface area contributed by atoms with Gasteiger partial charge in [0.2, 0.25) is 0 Å². The minimum Gasteiger partial charge on any atom is -0.325 e. The topological polar surface area (TPSA) is 29.9 Å². The molecule has 0 bridgehead atoms. The molecule has 0 unspecified atom stereocenters. The summed E-state index contributed by atoms with van der Waals surface area (Å²) in [5, 5.41) is 3.33. The Balaban J connectivity index is 2.05. The lowest BCUT2D eigenvalue weighted by Gasteiger charge is -2.27. The van der Waals surface area contributed by atoms with E-state index in [-0.39, 0.29) is 0 Å². The number of aromatic nitrogens is 2. The summed E-state index contributed by atoms with van der Waals surface area (Å²) in [5.41, 5.74) is 2.40. The SMILES string of the molecule is CC(C)n1c(CC2CNC2)nc2ccccc21. The molecule has 0 radical (unpaired) electrons. The number of fused-ring (bicyclic) bond motifs is 1. The molecule has 0 amide bonds. The fourth-order valence-corrected chi connectivity index (χ4v) is 2.57. The van der Waals surface area contributed by atoms with Gasteiger partial charge in [0.15, 0.2) is 0 Å². The number of imidazole rings is 1. The van der Waals surface area contributed by atoms with Crippen molar-refractivity contribution in [1.82, 2.24) is 14.9 Å². The number of para-hydroxylation sites is 2. The van der Waals surface area contributed by atoms with Crippen molar-refractivity contribution in [2.45, 2.75) is 26.3 Å². The first-order valence-electron chi connectivity index (χ1n) is 6.42. The van der Waals surface area contributed by atoms with Crippen LogP contribution in [-0.4, -0.2) is 22.6 Å². The zero-order valence-electron chi connectivity index (χ0n) is 10.5. The zero-order chi connectivity index (χ0) is 11.8. The van der Waals surface area contributed by atoms with Crippen LogP contribution >= 0.6 is 0 Å². The number of benzene rings is 1.